The number of hydrogen-bond donors (Lipinski definition) is 0. The van der Waals surface area contributed by atoms with E-state index in [9.17, 15) is 0 Å². The SMILES string of the molecule is c1ccc(-c2ccc(-c3nc(-c4ccccc4)nc(-c4ccc5cc(-c6ccc7nc(-c8ccccc8)sc7c6)ccc5c4)n3)cc2)cc1. The van der Waals surface area contributed by atoms with Crippen molar-refractivity contribution in [1.29, 1.82) is 0 Å². The van der Waals surface area contributed by atoms with Crippen LogP contribution in [0.4, 0.5) is 0 Å². The highest BCUT2D eigenvalue weighted by Gasteiger charge is 2.14. The van der Waals surface area contributed by atoms with Crippen molar-refractivity contribution in [3.05, 3.63) is 170 Å². The number of fused-ring (bicyclic) bond motifs is 2. The van der Waals surface area contributed by atoms with Crippen molar-refractivity contribution in [3.63, 3.8) is 0 Å². The number of rotatable bonds is 6. The number of nitrogens with zero attached hydrogens (tertiary/aromatic N) is 4. The average molecular weight is 645 g/mol. The molecule has 0 radical (unpaired) electrons. The lowest BCUT2D eigenvalue weighted by molar-refractivity contribution is 1.07. The molecule has 0 fully saturated rings. The fourth-order valence-electron chi connectivity index (χ4n) is 6.17. The van der Waals surface area contributed by atoms with E-state index in [2.05, 4.69) is 127 Å². The highest BCUT2D eigenvalue weighted by atomic mass is 32.1. The number of thiazole rings is 1. The number of aromatic nitrogens is 4. The van der Waals surface area contributed by atoms with Crippen LogP contribution in [0.15, 0.2) is 170 Å². The van der Waals surface area contributed by atoms with Gasteiger partial charge in [-0.05, 0) is 57.3 Å². The van der Waals surface area contributed by atoms with Crippen LogP contribution in [0, 0.1) is 0 Å². The van der Waals surface area contributed by atoms with Gasteiger partial charge in [0.25, 0.3) is 0 Å². The first-order valence-electron chi connectivity index (χ1n) is 16.2. The van der Waals surface area contributed by atoms with E-state index < -0.39 is 0 Å². The third-order valence-electron chi connectivity index (χ3n) is 8.76. The molecule has 2 heterocycles. The molecule has 0 saturated heterocycles. The Balaban J connectivity index is 1.07. The smallest absolute Gasteiger partial charge is 0.164 e. The summed E-state index contributed by atoms with van der Waals surface area (Å²) in [6.45, 7) is 0. The zero-order valence-electron chi connectivity index (χ0n) is 26.4. The van der Waals surface area contributed by atoms with E-state index in [4.69, 9.17) is 19.9 Å². The molecule has 4 nitrogen and oxygen atoms in total. The topological polar surface area (TPSA) is 51.6 Å². The van der Waals surface area contributed by atoms with Gasteiger partial charge in [0.05, 0.1) is 10.2 Å². The van der Waals surface area contributed by atoms with Gasteiger partial charge in [0.15, 0.2) is 17.5 Å². The molecule has 0 bridgehead atoms. The molecule has 49 heavy (non-hydrogen) atoms. The second-order valence-electron chi connectivity index (χ2n) is 12.0. The van der Waals surface area contributed by atoms with Gasteiger partial charge in [-0.2, -0.15) is 0 Å². The monoisotopic (exact) mass is 644 g/mol. The van der Waals surface area contributed by atoms with Gasteiger partial charge >= 0.3 is 0 Å². The van der Waals surface area contributed by atoms with Crippen molar-refractivity contribution in [2.24, 2.45) is 0 Å². The molecule has 0 aliphatic rings. The maximum absolute atomic E-state index is 5.00. The minimum Gasteiger partial charge on any atom is -0.236 e. The molecule has 9 aromatic rings. The van der Waals surface area contributed by atoms with E-state index in [1.54, 1.807) is 11.3 Å². The fraction of sp³-hybridized carbons (Fsp3) is 0. The van der Waals surface area contributed by atoms with Gasteiger partial charge in [-0.25, -0.2) is 19.9 Å². The van der Waals surface area contributed by atoms with Crippen LogP contribution in [-0.2, 0) is 0 Å². The van der Waals surface area contributed by atoms with Gasteiger partial charge in [-0.3, -0.25) is 0 Å². The molecule has 0 saturated carbocycles. The van der Waals surface area contributed by atoms with Gasteiger partial charge in [-0.15, -0.1) is 11.3 Å². The molecule has 0 aliphatic heterocycles. The maximum Gasteiger partial charge on any atom is 0.164 e. The molecule has 2 aromatic heterocycles. The van der Waals surface area contributed by atoms with Gasteiger partial charge in [0, 0.05) is 22.3 Å². The minimum absolute atomic E-state index is 0.645. The van der Waals surface area contributed by atoms with Crippen molar-refractivity contribution in [2.75, 3.05) is 0 Å². The summed E-state index contributed by atoms with van der Waals surface area (Å²) in [5.41, 5.74) is 9.69. The maximum atomic E-state index is 5.00. The van der Waals surface area contributed by atoms with E-state index in [-0.39, 0.29) is 0 Å². The van der Waals surface area contributed by atoms with Crippen molar-refractivity contribution in [3.8, 4) is 67.0 Å². The third-order valence-corrected chi connectivity index (χ3v) is 9.83. The van der Waals surface area contributed by atoms with Crippen molar-refractivity contribution in [2.45, 2.75) is 0 Å². The Labute approximate surface area is 288 Å². The summed E-state index contributed by atoms with van der Waals surface area (Å²) in [5.74, 6) is 1.94. The quantitative estimate of drug-likeness (QED) is 0.181. The molecule has 0 aliphatic carbocycles. The lowest BCUT2D eigenvalue weighted by Gasteiger charge is -2.10. The van der Waals surface area contributed by atoms with E-state index >= 15 is 0 Å². The van der Waals surface area contributed by atoms with E-state index in [0.29, 0.717) is 17.5 Å². The predicted molar refractivity (Wildman–Crippen MR) is 203 cm³/mol. The summed E-state index contributed by atoms with van der Waals surface area (Å²) in [6.07, 6.45) is 0. The first-order chi connectivity index (χ1) is 24.2. The molecule has 0 unspecified atom stereocenters. The molecule has 9 rings (SSSR count). The van der Waals surface area contributed by atoms with Gasteiger partial charge < -0.3 is 0 Å². The summed E-state index contributed by atoms with van der Waals surface area (Å²) in [5, 5.41) is 3.33. The largest absolute Gasteiger partial charge is 0.236 e. The first kappa shape index (κ1) is 28.9. The van der Waals surface area contributed by atoms with Crippen LogP contribution in [0.5, 0.6) is 0 Å². The summed E-state index contributed by atoms with van der Waals surface area (Å²) < 4.78 is 1.18. The van der Waals surface area contributed by atoms with Crippen molar-refractivity contribution < 1.29 is 0 Å². The number of hydrogen-bond acceptors (Lipinski definition) is 5. The standard InChI is InChI=1S/C44H28N4S/c1-4-10-29(11-5-1)30-16-18-32(19-17-30)42-46-41(31-12-6-2-7-13-31)47-43(48-42)38-23-22-34-26-35(20-21-36(34)27-38)37-24-25-39-40(28-37)49-44(45-39)33-14-8-3-9-15-33/h1-28H. The predicted octanol–water partition coefficient (Wildman–Crippen LogP) is 11.6. The Morgan fingerprint density at radius 2 is 0.735 bits per heavy atom. The average Bonchev–Trinajstić information content (AvgIpc) is 3.62. The molecular weight excluding hydrogens is 617 g/mol. The Morgan fingerprint density at radius 1 is 0.306 bits per heavy atom. The van der Waals surface area contributed by atoms with Crippen molar-refractivity contribution >= 4 is 32.3 Å². The molecule has 230 valence electrons. The van der Waals surface area contributed by atoms with Crippen LogP contribution in [-0.4, -0.2) is 19.9 Å². The molecule has 0 atom stereocenters. The summed E-state index contributed by atoms with van der Waals surface area (Å²) in [6, 6.07) is 58.9. The minimum atomic E-state index is 0.645. The van der Waals surface area contributed by atoms with Gasteiger partial charge in [-0.1, -0.05) is 146 Å². The Kier molecular flexibility index (Phi) is 7.30. The Hall–Kier alpha value is -6.30. The molecule has 7 aromatic carbocycles. The Bertz CT molecular complexity index is 2580. The normalized spacial score (nSPS) is 11.3. The lowest BCUT2D eigenvalue weighted by atomic mass is 9.99. The molecule has 5 heteroatoms. The van der Waals surface area contributed by atoms with Crippen LogP contribution in [0.2, 0.25) is 0 Å². The zero-order chi connectivity index (χ0) is 32.6. The first-order valence-corrected chi connectivity index (χ1v) is 17.0. The second kappa shape index (κ2) is 12.4. The second-order valence-corrected chi connectivity index (χ2v) is 13.0. The summed E-state index contributed by atoms with van der Waals surface area (Å²) in [4.78, 5) is 19.8. The molecule has 0 spiro atoms. The molecule has 0 N–H and O–H groups in total. The highest BCUT2D eigenvalue weighted by molar-refractivity contribution is 7.21. The van der Waals surface area contributed by atoms with Gasteiger partial charge in [0.2, 0.25) is 0 Å². The van der Waals surface area contributed by atoms with Crippen LogP contribution >= 0.6 is 11.3 Å². The van der Waals surface area contributed by atoms with E-state index in [1.165, 1.54) is 21.4 Å². The molecular formula is C44H28N4S. The van der Waals surface area contributed by atoms with Crippen LogP contribution in [0.3, 0.4) is 0 Å². The van der Waals surface area contributed by atoms with Crippen LogP contribution in [0.1, 0.15) is 0 Å². The zero-order valence-corrected chi connectivity index (χ0v) is 27.2. The van der Waals surface area contributed by atoms with Crippen LogP contribution in [0.25, 0.3) is 88.0 Å². The highest BCUT2D eigenvalue weighted by Crippen LogP contribution is 2.35. The third kappa shape index (κ3) is 5.77. The van der Waals surface area contributed by atoms with E-state index in [0.717, 1.165) is 49.1 Å². The van der Waals surface area contributed by atoms with E-state index in [1.807, 2.05) is 42.5 Å². The van der Waals surface area contributed by atoms with Gasteiger partial charge in [0.1, 0.15) is 5.01 Å². The summed E-state index contributed by atoms with van der Waals surface area (Å²) >= 11 is 1.73. The van der Waals surface area contributed by atoms with Crippen molar-refractivity contribution in [1.82, 2.24) is 19.9 Å². The lowest BCUT2D eigenvalue weighted by Crippen LogP contribution is -2.00. The fourth-order valence-corrected chi connectivity index (χ4v) is 7.18. The number of benzene rings is 7. The summed E-state index contributed by atoms with van der Waals surface area (Å²) in [7, 11) is 0. The Morgan fingerprint density at radius 3 is 1.39 bits per heavy atom. The van der Waals surface area contributed by atoms with Crippen LogP contribution < -0.4 is 0 Å². The molecule has 0 amide bonds.